The van der Waals surface area contributed by atoms with Crippen LogP contribution in [0, 0.1) is 11.7 Å². The van der Waals surface area contributed by atoms with Crippen LogP contribution in [0.4, 0.5) is 10.1 Å². The molecule has 1 aliphatic carbocycles. The Bertz CT molecular complexity index is 1170. The van der Waals surface area contributed by atoms with E-state index in [-0.39, 0.29) is 22.8 Å². The molecule has 7 nitrogen and oxygen atoms in total. The van der Waals surface area contributed by atoms with Gasteiger partial charge in [-0.15, -0.1) is 0 Å². The lowest BCUT2D eigenvalue weighted by atomic mass is 9.86. The van der Waals surface area contributed by atoms with Gasteiger partial charge in [-0.2, -0.15) is 0 Å². The minimum atomic E-state index is -3.49. The van der Waals surface area contributed by atoms with Crippen molar-refractivity contribution in [3.05, 3.63) is 53.3 Å². The molecule has 1 saturated heterocycles. The fourth-order valence-electron chi connectivity index (χ4n) is 4.25. The van der Waals surface area contributed by atoms with Crippen LogP contribution in [0.2, 0.25) is 0 Å². The number of rotatable bonds is 8. The maximum absolute atomic E-state index is 14.6. The molecule has 0 unspecified atom stereocenters. The molecule has 0 N–H and O–H groups in total. The van der Waals surface area contributed by atoms with Crippen molar-refractivity contribution < 1.29 is 27.1 Å². The number of aldehydes is 1. The highest BCUT2D eigenvalue weighted by Crippen LogP contribution is 2.30. The van der Waals surface area contributed by atoms with Gasteiger partial charge in [0.1, 0.15) is 17.9 Å². The van der Waals surface area contributed by atoms with Crippen LogP contribution in [-0.2, 0) is 21.1 Å². The van der Waals surface area contributed by atoms with Gasteiger partial charge in [-0.1, -0.05) is 12.5 Å². The van der Waals surface area contributed by atoms with E-state index in [2.05, 4.69) is 0 Å². The number of carbonyl (C=O) groups is 2. The second-order valence-corrected chi connectivity index (χ2v) is 11.0. The number of anilines is 1. The molecule has 9 heteroatoms. The number of amides is 1. The SMILES string of the molecule is CS(=O)(=O)c1ccc(OCC2CCC2)c(C(=O)N2CCN(c3ccc(CC=O)cc3F)CC2)c1. The zero-order valence-corrected chi connectivity index (χ0v) is 20.0. The number of piperazine rings is 1. The van der Waals surface area contributed by atoms with Crippen molar-refractivity contribution in [3.63, 3.8) is 0 Å². The molecule has 0 spiro atoms. The second-order valence-electron chi connectivity index (χ2n) is 8.97. The summed E-state index contributed by atoms with van der Waals surface area (Å²) < 4.78 is 44.7. The molecule has 2 fully saturated rings. The molecule has 1 heterocycles. The van der Waals surface area contributed by atoms with Gasteiger partial charge in [-0.05, 0) is 54.7 Å². The lowest BCUT2D eigenvalue weighted by molar-refractivity contribution is -0.107. The second kappa shape index (κ2) is 10.1. The van der Waals surface area contributed by atoms with Gasteiger partial charge < -0.3 is 19.3 Å². The summed E-state index contributed by atoms with van der Waals surface area (Å²) in [6.07, 6.45) is 5.38. The average Bonchev–Trinajstić information content (AvgIpc) is 2.77. The molecule has 1 aliphatic heterocycles. The number of ether oxygens (including phenoxy) is 1. The predicted molar refractivity (Wildman–Crippen MR) is 127 cm³/mol. The predicted octanol–water partition coefficient (Wildman–Crippen LogP) is 3.11. The molecule has 1 saturated carbocycles. The Morgan fingerprint density at radius 2 is 1.85 bits per heavy atom. The largest absolute Gasteiger partial charge is 0.492 e. The van der Waals surface area contributed by atoms with Crippen molar-refractivity contribution in [1.82, 2.24) is 4.90 Å². The molecule has 34 heavy (non-hydrogen) atoms. The maximum Gasteiger partial charge on any atom is 0.257 e. The Morgan fingerprint density at radius 3 is 2.44 bits per heavy atom. The van der Waals surface area contributed by atoms with Crippen molar-refractivity contribution in [1.29, 1.82) is 0 Å². The Kier molecular flexibility index (Phi) is 7.21. The van der Waals surface area contributed by atoms with Crippen molar-refractivity contribution in [3.8, 4) is 5.75 Å². The number of carbonyl (C=O) groups excluding carboxylic acids is 2. The zero-order chi connectivity index (χ0) is 24.3. The topological polar surface area (TPSA) is 84.0 Å². The van der Waals surface area contributed by atoms with Gasteiger partial charge in [-0.25, -0.2) is 12.8 Å². The summed E-state index contributed by atoms with van der Waals surface area (Å²) >= 11 is 0. The summed E-state index contributed by atoms with van der Waals surface area (Å²) in [6.45, 7) is 2.09. The number of halogens is 1. The molecule has 4 rings (SSSR count). The van der Waals surface area contributed by atoms with Crippen LogP contribution in [0.15, 0.2) is 41.3 Å². The molecular weight excluding hydrogens is 459 g/mol. The number of sulfone groups is 1. The maximum atomic E-state index is 14.6. The summed E-state index contributed by atoms with van der Waals surface area (Å²) in [5.41, 5.74) is 1.29. The van der Waals surface area contributed by atoms with E-state index < -0.39 is 15.7 Å². The van der Waals surface area contributed by atoms with Crippen molar-refractivity contribution in [2.45, 2.75) is 30.6 Å². The monoisotopic (exact) mass is 488 g/mol. The Labute approximate surface area is 199 Å². The molecule has 2 aromatic carbocycles. The number of benzene rings is 2. The van der Waals surface area contributed by atoms with E-state index in [1.54, 1.807) is 23.1 Å². The van der Waals surface area contributed by atoms with Gasteiger partial charge >= 0.3 is 0 Å². The summed E-state index contributed by atoms with van der Waals surface area (Å²) in [5.74, 6) is 0.166. The van der Waals surface area contributed by atoms with Gasteiger partial charge in [0, 0.05) is 38.9 Å². The summed E-state index contributed by atoms with van der Waals surface area (Å²) in [4.78, 5) is 27.6. The average molecular weight is 489 g/mol. The molecule has 182 valence electrons. The van der Waals surface area contributed by atoms with Gasteiger partial charge in [0.05, 0.1) is 22.8 Å². The Balaban J connectivity index is 1.48. The van der Waals surface area contributed by atoms with Crippen LogP contribution < -0.4 is 9.64 Å². The van der Waals surface area contributed by atoms with E-state index in [4.69, 9.17) is 4.74 Å². The van der Waals surface area contributed by atoms with Gasteiger partial charge in [0.25, 0.3) is 5.91 Å². The minimum Gasteiger partial charge on any atom is -0.492 e. The summed E-state index contributed by atoms with van der Waals surface area (Å²) in [6, 6.07) is 9.18. The van der Waals surface area contributed by atoms with E-state index in [0.29, 0.717) is 55.7 Å². The van der Waals surface area contributed by atoms with Crippen LogP contribution in [0.25, 0.3) is 0 Å². The Morgan fingerprint density at radius 1 is 1.12 bits per heavy atom. The lowest BCUT2D eigenvalue weighted by Crippen LogP contribution is -2.49. The first-order chi connectivity index (χ1) is 16.3. The first kappa shape index (κ1) is 24.2. The minimum absolute atomic E-state index is 0.0722. The van der Waals surface area contributed by atoms with E-state index in [0.717, 1.165) is 25.4 Å². The standard InChI is InChI=1S/C25H29FN2O5S/c1-34(31,32)20-6-8-24(33-17-19-3-2-4-19)21(16-20)25(30)28-12-10-27(11-13-28)23-7-5-18(9-14-29)15-22(23)26/h5-8,14-16,19H,2-4,9-13,17H2,1H3. The first-order valence-corrected chi connectivity index (χ1v) is 13.4. The fraction of sp³-hybridized carbons (Fsp3) is 0.440. The van der Waals surface area contributed by atoms with E-state index in [1.807, 2.05) is 4.90 Å². The lowest BCUT2D eigenvalue weighted by Gasteiger charge is -2.36. The molecule has 0 aromatic heterocycles. The van der Waals surface area contributed by atoms with Crippen LogP contribution in [0.5, 0.6) is 5.75 Å². The first-order valence-electron chi connectivity index (χ1n) is 11.5. The third-order valence-electron chi connectivity index (χ3n) is 6.55. The van der Waals surface area contributed by atoms with Crippen molar-refractivity contribution in [2.75, 3.05) is 43.9 Å². The number of nitrogens with zero attached hydrogens (tertiary/aromatic N) is 2. The van der Waals surface area contributed by atoms with Crippen LogP contribution >= 0.6 is 0 Å². The van der Waals surface area contributed by atoms with Gasteiger partial charge in [-0.3, -0.25) is 4.79 Å². The van der Waals surface area contributed by atoms with Crippen LogP contribution in [0.1, 0.15) is 35.2 Å². The molecule has 1 amide bonds. The number of hydrogen-bond acceptors (Lipinski definition) is 6. The van der Waals surface area contributed by atoms with Gasteiger partial charge in [0.2, 0.25) is 0 Å². The smallest absolute Gasteiger partial charge is 0.257 e. The zero-order valence-electron chi connectivity index (χ0n) is 19.2. The number of hydrogen-bond donors (Lipinski definition) is 0. The third kappa shape index (κ3) is 5.41. The third-order valence-corrected chi connectivity index (χ3v) is 7.66. The van der Waals surface area contributed by atoms with E-state index in [1.165, 1.54) is 24.6 Å². The summed E-state index contributed by atoms with van der Waals surface area (Å²) in [5, 5.41) is 0. The van der Waals surface area contributed by atoms with Crippen LogP contribution in [0.3, 0.4) is 0 Å². The van der Waals surface area contributed by atoms with E-state index >= 15 is 0 Å². The highest BCUT2D eigenvalue weighted by molar-refractivity contribution is 7.90. The highest BCUT2D eigenvalue weighted by atomic mass is 32.2. The van der Waals surface area contributed by atoms with Crippen molar-refractivity contribution in [2.24, 2.45) is 5.92 Å². The summed E-state index contributed by atoms with van der Waals surface area (Å²) in [7, 11) is -3.49. The van der Waals surface area contributed by atoms with Crippen molar-refractivity contribution >= 4 is 27.7 Å². The van der Waals surface area contributed by atoms with Gasteiger partial charge in [0.15, 0.2) is 9.84 Å². The normalized spacial score (nSPS) is 16.8. The van der Waals surface area contributed by atoms with Crippen LogP contribution in [-0.4, -0.2) is 64.6 Å². The Hall–Kier alpha value is -2.94. The molecule has 0 radical (unpaired) electrons. The molecule has 0 bridgehead atoms. The molecule has 2 aliphatic rings. The molecular formula is C25H29FN2O5S. The molecule has 2 aromatic rings. The fourth-order valence-corrected chi connectivity index (χ4v) is 4.90. The van der Waals surface area contributed by atoms with E-state index in [9.17, 15) is 22.4 Å². The molecule has 0 atom stereocenters. The quantitative estimate of drug-likeness (QED) is 0.531. The highest BCUT2D eigenvalue weighted by Gasteiger charge is 2.27.